The van der Waals surface area contributed by atoms with Crippen molar-refractivity contribution in [3.8, 4) is 0 Å². The highest BCUT2D eigenvalue weighted by atomic mass is 31.2. The van der Waals surface area contributed by atoms with Gasteiger partial charge in [0.25, 0.3) is 0 Å². The number of hydrogen-bond donors (Lipinski definition) is 5. The van der Waals surface area contributed by atoms with Crippen LogP contribution in [0, 0.1) is 5.41 Å². The number of aliphatic hydroxyl groups is 1. The van der Waals surface area contributed by atoms with Crippen LogP contribution in [0.5, 0.6) is 0 Å². The summed E-state index contributed by atoms with van der Waals surface area (Å²) in [7, 11) is -5.46. The number of aliphatic hydroxyl groups excluding tert-OH is 1. The molecule has 1 atom stereocenters. The minimum Gasteiger partial charge on any atom is -0.396 e. The molecule has 0 saturated carbocycles. The van der Waals surface area contributed by atoms with Crippen LogP contribution >= 0.6 is 17.2 Å². The first-order valence-corrected chi connectivity index (χ1v) is 12.8. The van der Waals surface area contributed by atoms with Gasteiger partial charge in [-0.3, -0.25) is 0 Å². The maximum absolute atomic E-state index is 10.6. The van der Waals surface area contributed by atoms with Crippen LogP contribution in [0.4, 0.5) is 0 Å². The van der Waals surface area contributed by atoms with E-state index in [1.165, 1.54) is 0 Å². The summed E-state index contributed by atoms with van der Waals surface area (Å²) >= 11 is 0. The van der Waals surface area contributed by atoms with Crippen molar-refractivity contribution >= 4 is 17.2 Å². The normalized spacial score (nSPS) is 14.2. The topological polar surface area (TPSA) is 129 Å². The van der Waals surface area contributed by atoms with Gasteiger partial charge in [0.1, 0.15) is 0 Å². The molecule has 0 spiro atoms. The minimum absolute atomic E-state index is 0.350. The Labute approximate surface area is 197 Å². The van der Waals surface area contributed by atoms with Crippen molar-refractivity contribution in [1.82, 2.24) is 0 Å². The molecule has 0 amide bonds. The van der Waals surface area contributed by atoms with E-state index in [-0.39, 0.29) is 13.2 Å². The van der Waals surface area contributed by atoms with E-state index in [2.05, 4.69) is 0 Å². The van der Waals surface area contributed by atoms with Crippen molar-refractivity contribution in [3.05, 3.63) is 71.8 Å². The second-order valence-electron chi connectivity index (χ2n) is 9.03. The molecule has 0 aliphatic rings. The van der Waals surface area contributed by atoms with E-state index >= 15 is 0 Å². The van der Waals surface area contributed by atoms with Crippen LogP contribution in [0.25, 0.3) is 0 Å². The zero-order valence-corrected chi connectivity index (χ0v) is 21.1. The third kappa shape index (κ3) is 7.48. The predicted octanol–water partition coefficient (Wildman–Crippen LogP) is 3.72. The second kappa shape index (κ2) is 12.1. The van der Waals surface area contributed by atoms with Crippen LogP contribution in [-0.2, 0) is 24.8 Å². The molecule has 0 aromatic heterocycles. The van der Waals surface area contributed by atoms with Crippen LogP contribution in [0.1, 0.15) is 38.8 Å². The predicted molar refractivity (Wildman–Crippen MR) is 128 cm³/mol. The van der Waals surface area contributed by atoms with Gasteiger partial charge in [-0.25, -0.2) is 0 Å². The molecule has 0 saturated heterocycles. The van der Waals surface area contributed by atoms with E-state index in [0.29, 0.717) is 0 Å². The molecule has 0 heterocycles. The van der Waals surface area contributed by atoms with Gasteiger partial charge in [0.15, 0.2) is 0 Å². The Hall–Kier alpha value is -1.02. The zero-order chi connectivity index (χ0) is 24.7. The summed E-state index contributed by atoms with van der Waals surface area (Å²) in [6, 6.07) is 19.1. The van der Waals surface area contributed by atoms with E-state index in [0.717, 1.165) is 11.1 Å². The summed E-state index contributed by atoms with van der Waals surface area (Å²) in [6.07, 6.45) is -0.822. The van der Waals surface area contributed by atoms with Crippen LogP contribution in [0.15, 0.2) is 60.7 Å². The van der Waals surface area contributed by atoms with Crippen molar-refractivity contribution in [2.75, 3.05) is 19.8 Å². The van der Waals surface area contributed by atoms with Gasteiger partial charge < -0.3 is 38.5 Å². The number of rotatable bonds is 13. The summed E-state index contributed by atoms with van der Waals surface area (Å²) in [6.45, 7) is 6.45. The monoisotopic (exact) mass is 500 g/mol. The van der Waals surface area contributed by atoms with E-state index in [1.54, 1.807) is 0 Å². The largest absolute Gasteiger partial charge is 0.396 e. The van der Waals surface area contributed by atoms with Crippen LogP contribution in [-0.4, -0.2) is 50.6 Å². The number of ether oxygens (including phenoxy) is 1. The zero-order valence-electron chi connectivity index (χ0n) is 19.3. The quantitative estimate of drug-likeness (QED) is 0.263. The average molecular weight is 500 g/mol. The van der Waals surface area contributed by atoms with Crippen molar-refractivity contribution in [2.24, 2.45) is 5.41 Å². The molecule has 0 fully saturated rings. The van der Waals surface area contributed by atoms with Crippen LogP contribution < -0.4 is 0 Å². The van der Waals surface area contributed by atoms with Crippen molar-refractivity contribution < 1.29 is 38.5 Å². The molecular weight excluding hydrogens is 466 g/mol. The molecule has 0 aliphatic heterocycles. The number of benzene rings is 2. The van der Waals surface area contributed by atoms with Crippen molar-refractivity contribution in [3.63, 3.8) is 0 Å². The molecule has 33 heavy (non-hydrogen) atoms. The van der Waals surface area contributed by atoms with Gasteiger partial charge in [-0.2, -0.15) is 0 Å². The van der Waals surface area contributed by atoms with E-state index in [9.17, 15) is 24.7 Å². The van der Waals surface area contributed by atoms with E-state index in [4.69, 9.17) is 13.8 Å². The van der Waals surface area contributed by atoms with Crippen LogP contribution in [0.2, 0.25) is 0 Å². The van der Waals surface area contributed by atoms with Gasteiger partial charge >= 0.3 is 17.2 Å². The highest BCUT2D eigenvalue weighted by molar-refractivity contribution is 7.39. The Morgan fingerprint density at radius 2 is 1.15 bits per heavy atom. The summed E-state index contributed by atoms with van der Waals surface area (Å²) in [4.78, 5) is 37.8. The van der Waals surface area contributed by atoms with Crippen molar-refractivity contribution in [1.29, 1.82) is 0 Å². The first-order valence-electron chi connectivity index (χ1n) is 10.5. The molecule has 0 radical (unpaired) electrons. The maximum atomic E-state index is 10.6. The fraction of sp³-hybridized carbons (Fsp3) is 0.478. The lowest BCUT2D eigenvalue weighted by atomic mass is 9.67. The first kappa shape index (κ1) is 28.2. The Morgan fingerprint density at radius 3 is 1.55 bits per heavy atom. The lowest BCUT2D eigenvalue weighted by molar-refractivity contribution is -0.188. The summed E-state index contributed by atoms with van der Waals surface area (Å²) in [5.74, 6) is 0. The molecule has 2 rings (SSSR count). The van der Waals surface area contributed by atoms with E-state index in [1.807, 2.05) is 88.4 Å². The van der Waals surface area contributed by atoms with Crippen LogP contribution in [0.3, 0.4) is 0 Å². The van der Waals surface area contributed by atoms with Gasteiger partial charge in [0, 0.05) is 5.41 Å². The van der Waals surface area contributed by atoms with Gasteiger partial charge in [-0.15, -0.1) is 0 Å². The fourth-order valence-corrected chi connectivity index (χ4v) is 4.74. The Kier molecular flexibility index (Phi) is 10.3. The molecule has 8 nitrogen and oxygen atoms in total. The second-order valence-corrected chi connectivity index (χ2v) is 10.6. The SMILES string of the molecule is CC(C)(OC(C(CO)(COP(O)O)COP(O)O)C(C)(C)c1ccccc1)c1ccccc1. The molecule has 2 aromatic rings. The standard InChI is InChI=1S/C23H34O8P2/c1-21(2,18-11-7-5-8-12-18)20(31-22(3,4)19-13-9-6-10-14-19)23(15-24,16-29-32(25)26)17-30-33(27)28/h5-14,20,24-28H,15-17H2,1-4H3. The molecule has 10 heteroatoms. The summed E-state index contributed by atoms with van der Waals surface area (Å²) < 4.78 is 17.1. The molecular formula is C23H34O8P2. The highest BCUT2D eigenvalue weighted by Crippen LogP contribution is 2.46. The van der Waals surface area contributed by atoms with Gasteiger partial charge in [0.2, 0.25) is 0 Å². The lowest BCUT2D eigenvalue weighted by Crippen LogP contribution is -2.57. The highest BCUT2D eigenvalue weighted by Gasteiger charge is 2.51. The molecule has 5 N–H and O–H groups in total. The smallest absolute Gasteiger partial charge is 0.327 e. The maximum Gasteiger partial charge on any atom is 0.327 e. The molecule has 1 unspecified atom stereocenters. The Bertz CT molecular complexity index is 819. The minimum atomic E-state index is -2.73. The fourth-order valence-electron chi connectivity index (χ4n) is 4.00. The Morgan fingerprint density at radius 1 is 0.727 bits per heavy atom. The van der Waals surface area contributed by atoms with E-state index < -0.39 is 46.3 Å². The number of hydrogen-bond acceptors (Lipinski definition) is 8. The lowest BCUT2D eigenvalue weighted by Gasteiger charge is -2.49. The first-order chi connectivity index (χ1) is 15.4. The van der Waals surface area contributed by atoms with Gasteiger partial charge in [0.05, 0.1) is 36.9 Å². The summed E-state index contributed by atoms with van der Waals surface area (Å²) in [5, 5.41) is 10.6. The molecule has 0 bridgehead atoms. The third-order valence-electron chi connectivity index (χ3n) is 5.86. The van der Waals surface area contributed by atoms with Crippen molar-refractivity contribution in [2.45, 2.75) is 44.8 Å². The van der Waals surface area contributed by atoms with Gasteiger partial charge in [-0.05, 0) is 25.0 Å². The summed E-state index contributed by atoms with van der Waals surface area (Å²) in [5.41, 5.74) is -1.15. The molecule has 2 aromatic carbocycles. The molecule has 184 valence electrons. The third-order valence-corrected chi connectivity index (χ3v) is 6.58. The average Bonchev–Trinajstić information content (AvgIpc) is 2.79. The molecule has 0 aliphatic carbocycles. The van der Waals surface area contributed by atoms with Gasteiger partial charge in [-0.1, -0.05) is 74.5 Å². The Balaban J connectivity index is 2.62.